The maximum Gasteiger partial charge on any atom is 0.124 e. The highest BCUT2D eigenvalue weighted by Gasteiger charge is 2.04. The van der Waals surface area contributed by atoms with Crippen LogP contribution in [-0.4, -0.2) is 0 Å². The smallest absolute Gasteiger partial charge is 0.124 e. The van der Waals surface area contributed by atoms with Crippen molar-refractivity contribution in [3.63, 3.8) is 0 Å². The van der Waals surface area contributed by atoms with Crippen LogP contribution in [0.25, 0.3) is 0 Å². The second kappa shape index (κ2) is 5.32. The minimum Gasteiger partial charge on any atom is -0.489 e. The molecule has 2 rings (SSSR count). The van der Waals surface area contributed by atoms with Crippen molar-refractivity contribution < 1.29 is 9.13 Å². The van der Waals surface area contributed by atoms with Crippen LogP contribution in [0.15, 0.2) is 35.0 Å². The second-order valence-electron chi connectivity index (χ2n) is 3.31. The fraction of sp³-hybridized carbons (Fsp3) is 0.167. The van der Waals surface area contributed by atoms with E-state index >= 15 is 0 Å². The van der Waals surface area contributed by atoms with Gasteiger partial charge in [-0.2, -0.15) is 11.3 Å². The minimum atomic E-state index is -0.293. The molecule has 0 N–H and O–H groups in total. The molecule has 0 atom stereocenters. The summed E-state index contributed by atoms with van der Waals surface area (Å²) in [4.78, 5) is 0. The van der Waals surface area contributed by atoms with Crippen molar-refractivity contribution in [2.45, 2.75) is 12.5 Å². The van der Waals surface area contributed by atoms with E-state index in [2.05, 4.69) is 0 Å². The zero-order valence-corrected chi connectivity index (χ0v) is 10.0. The van der Waals surface area contributed by atoms with Gasteiger partial charge in [-0.25, -0.2) is 4.39 Å². The molecule has 0 amide bonds. The fourth-order valence-corrected chi connectivity index (χ4v) is 2.19. The van der Waals surface area contributed by atoms with Crippen molar-refractivity contribution >= 4 is 22.9 Å². The van der Waals surface area contributed by atoms with E-state index in [1.54, 1.807) is 17.4 Å². The molecule has 84 valence electrons. The van der Waals surface area contributed by atoms with E-state index in [1.165, 1.54) is 12.1 Å². The average molecular weight is 257 g/mol. The molecular formula is C12H10ClFOS. The lowest BCUT2D eigenvalue weighted by atomic mass is 10.2. The molecule has 0 saturated carbocycles. The van der Waals surface area contributed by atoms with Crippen LogP contribution in [0.2, 0.25) is 0 Å². The number of rotatable bonds is 4. The molecule has 0 saturated heterocycles. The number of benzene rings is 1. The monoisotopic (exact) mass is 256 g/mol. The Morgan fingerprint density at radius 3 is 2.88 bits per heavy atom. The molecule has 0 aliphatic carbocycles. The van der Waals surface area contributed by atoms with Crippen LogP contribution < -0.4 is 4.74 Å². The summed E-state index contributed by atoms with van der Waals surface area (Å²) in [5.41, 5.74) is 1.78. The maximum atomic E-state index is 12.9. The van der Waals surface area contributed by atoms with Crippen molar-refractivity contribution in [3.05, 3.63) is 52.0 Å². The molecule has 0 radical (unpaired) electrons. The summed E-state index contributed by atoms with van der Waals surface area (Å²) in [7, 11) is 0. The number of halogens is 2. The van der Waals surface area contributed by atoms with E-state index < -0.39 is 0 Å². The SMILES string of the molecule is Fc1ccc(OCc2ccsc2)c(CCl)c1. The summed E-state index contributed by atoms with van der Waals surface area (Å²) in [6.45, 7) is 0.485. The van der Waals surface area contributed by atoms with E-state index in [1.807, 2.05) is 16.8 Å². The van der Waals surface area contributed by atoms with E-state index in [-0.39, 0.29) is 11.7 Å². The summed E-state index contributed by atoms with van der Waals surface area (Å²) in [5.74, 6) is 0.595. The Balaban J connectivity index is 2.09. The van der Waals surface area contributed by atoms with Crippen molar-refractivity contribution in [2.24, 2.45) is 0 Å². The van der Waals surface area contributed by atoms with E-state index in [0.29, 0.717) is 17.9 Å². The maximum absolute atomic E-state index is 12.9. The number of ether oxygens (including phenoxy) is 1. The predicted molar refractivity (Wildman–Crippen MR) is 64.6 cm³/mol. The Morgan fingerprint density at radius 2 is 2.19 bits per heavy atom. The van der Waals surface area contributed by atoms with Gasteiger partial charge in [-0.05, 0) is 40.6 Å². The van der Waals surface area contributed by atoms with Gasteiger partial charge in [-0.15, -0.1) is 11.6 Å². The largest absolute Gasteiger partial charge is 0.489 e. The average Bonchev–Trinajstić information content (AvgIpc) is 2.80. The van der Waals surface area contributed by atoms with Crippen LogP contribution in [0, 0.1) is 5.82 Å². The van der Waals surface area contributed by atoms with Crippen LogP contribution in [0.1, 0.15) is 11.1 Å². The molecule has 2 aromatic rings. The fourth-order valence-electron chi connectivity index (χ4n) is 1.33. The number of hydrogen-bond donors (Lipinski definition) is 0. The van der Waals surface area contributed by atoms with Gasteiger partial charge in [0.25, 0.3) is 0 Å². The Labute approximate surface area is 102 Å². The highest BCUT2D eigenvalue weighted by molar-refractivity contribution is 7.07. The molecule has 0 fully saturated rings. The van der Waals surface area contributed by atoms with Crippen molar-refractivity contribution in [3.8, 4) is 5.75 Å². The molecule has 1 heterocycles. The third kappa shape index (κ3) is 2.74. The van der Waals surface area contributed by atoms with Gasteiger partial charge in [0.1, 0.15) is 18.2 Å². The van der Waals surface area contributed by atoms with Crippen LogP contribution >= 0.6 is 22.9 Å². The Bertz CT molecular complexity index is 456. The summed E-state index contributed by atoms with van der Waals surface area (Å²) in [6.07, 6.45) is 0. The van der Waals surface area contributed by atoms with Gasteiger partial charge in [0.15, 0.2) is 0 Å². The Hall–Kier alpha value is -1.06. The standard InChI is InChI=1S/C12H10ClFOS/c13-6-10-5-11(14)1-2-12(10)15-7-9-3-4-16-8-9/h1-5,8H,6-7H2. The lowest BCUT2D eigenvalue weighted by Crippen LogP contribution is -1.97. The first kappa shape index (κ1) is 11.4. The molecular weight excluding hydrogens is 247 g/mol. The van der Waals surface area contributed by atoms with Crippen LogP contribution in [-0.2, 0) is 12.5 Å². The first-order valence-corrected chi connectivity index (χ1v) is 6.25. The zero-order valence-electron chi connectivity index (χ0n) is 8.45. The van der Waals surface area contributed by atoms with E-state index in [4.69, 9.17) is 16.3 Å². The summed E-state index contributed by atoms with van der Waals surface area (Å²) < 4.78 is 18.5. The van der Waals surface area contributed by atoms with Crippen LogP contribution in [0.4, 0.5) is 4.39 Å². The number of hydrogen-bond acceptors (Lipinski definition) is 2. The van der Waals surface area contributed by atoms with Gasteiger partial charge in [-0.3, -0.25) is 0 Å². The first-order valence-electron chi connectivity index (χ1n) is 4.78. The highest BCUT2D eigenvalue weighted by atomic mass is 35.5. The van der Waals surface area contributed by atoms with Crippen molar-refractivity contribution in [1.82, 2.24) is 0 Å². The van der Waals surface area contributed by atoms with Crippen LogP contribution in [0.5, 0.6) is 5.75 Å². The lowest BCUT2D eigenvalue weighted by Gasteiger charge is -2.09. The van der Waals surface area contributed by atoms with Gasteiger partial charge in [-0.1, -0.05) is 0 Å². The summed E-state index contributed by atoms with van der Waals surface area (Å²) in [6, 6.07) is 6.38. The molecule has 0 bridgehead atoms. The van der Waals surface area contributed by atoms with Gasteiger partial charge in [0.2, 0.25) is 0 Å². The summed E-state index contributed by atoms with van der Waals surface area (Å²) >= 11 is 7.34. The van der Waals surface area contributed by atoms with Crippen molar-refractivity contribution in [2.75, 3.05) is 0 Å². The zero-order chi connectivity index (χ0) is 11.4. The second-order valence-corrected chi connectivity index (χ2v) is 4.35. The third-order valence-electron chi connectivity index (χ3n) is 2.14. The van der Waals surface area contributed by atoms with Gasteiger partial charge < -0.3 is 4.74 Å². The molecule has 4 heteroatoms. The van der Waals surface area contributed by atoms with Gasteiger partial charge in [0.05, 0.1) is 5.88 Å². The first-order chi connectivity index (χ1) is 7.79. The molecule has 0 unspecified atom stereocenters. The predicted octanol–water partition coefficient (Wildman–Crippen LogP) is 4.21. The van der Waals surface area contributed by atoms with Crippen LogP contribution in [0.3, 0.4) is 0 Å². The Kier molecular flexibility index (Phi) is 3.80. The molecule has 1 aromatic heterocycles. The highest BCUT2D eigenvalue weighted by Crippen LogP contribution is 2.22. The van der Waals surface area contributed by atoms with Gasteiger partial charge in [0, 0.05) is 5.56 Å². The summed E-state index contributed by atoms with van der Waals surface area (Å²) in [5, 5.41) is 4.01. The topological polar surface area (TPSA) is 9.23 Å². The molecule has 16 heavy (non-hydrogen) atoms. The van der Waals surface area contributed by atoms with E-state index in [9.17, 15) is 4.39 Å². The van der Waals surface area contributed by atoms with Crippen molar-refractivity contribution in [1.29, 1.82) is 0 Å². The molecule has 0 aliphatic heterocycles. The quantitative estimate of drug-likeness (QED) is 0.745. The molecule has 1 aromatic carbocycles. The van der Waals surface area contributed by atoms with E-state index in [0.717, 1.165) is 5.56 Å². The molecule has 0 spiro atoms. The van der Waals surface area contributed by atoms with Gasteiger partial charge >= 0.3 is 0 Å². The lowest BCUT2D eigenvalue weighted by molar-refractivity contribution is 0.304. The number of thiophene rings is 1. The minimum absolute atomic E-state index is 0.247. The normalized spacial score (nSPS) is 10.4. The third-order valence-corrected chi connectivity index (χ3v) is 3.16. The molecule has 0 aliphatic rings. The Morgan fingerprint density at radius 1 is 1.31 bits per heavy atom. The molecule has 1 nitrogen and oxygen atoms in total. The number of alkyl halides is 1.